The van der Waals surface area contributed by atoms with Crippen molar-refractivity contribution < 1.29 is 4.74 Å². The van der Waals surface area contributed by atoms with Crippen molar-refractivity contribution >= 4 is 27.4 Å². The van der Waals surface area contributed by atoms with E-state index >= 15 is 0 Å². The Bertz CT molecular complexity index is 380. The van der Waals surface area contributed by atoms with E-state index < -0.39 is 0 Å². The highest BCUT2D eigenvalue weighted by Crippen LogP contribution is 2.24. The minimum atomic E-state index is 0.304. The predicted octanol–water partition coefficient (Wildman–Crippen LogP) is 2.43. The summed E-state index contributed by atoms with van der Waals surface area (Å²) in [5, 5.41) is 0. The number of rotatable bonds is 3. The minimum absolute atomic E-state index is 0.304. The van der Waals surface area contributed by atoms with Gasteiger partial charge in [-0.15, -0.1) is 0 Å². The molecule has 17 heavy (non-hydrogen) atoms. The number of ether oxygens (including phenoxy) is 1. The molecule has 1 atom stereocenters. The van der Waals surface area contributed by atoms with E-state index in [4.69, 9.17) is 10.5 Å². The summed E-state index contributed by atoms with van der Waals surface area (Å²) in [4.78, 5) is 6.41. The highest BCUT2D eigenvalue weighted by molar-refractivity contribution is 9.10. The summed E-state index contributed by atoms with van der Waals surface area (Å²) in [5.74, 6) is 0.822. The molecule has 2 N–H and O–H groups in total. The van der Waals surface area contributed by atoms with Crippen molar-refractivity contribution in [1.82, 2.24) is 4.98 Å². The van der Waals surface area contributed by atoms with Crippen LogP contribution in [0, 0.1) is 0 Å². The highest BCUT2D eigenvalue weighted by Gasteiger charge is 2.17. The summed E-state index contributed by atoms with van der Waals surface area (Å²) in [7, 11) is 2.00. The van der Waals surface area contributed by atoms with Crippen LogP contribution in [0.3, 0.4) is 0 Å². The third kappa shape index (κ3) is 3.33. The fourth-order valence-corrected chi connectivity index (χ4v) is 2.46. The fraction of sp³-hybridized carbons (Fsp3) is 0.583. The van der Waals surface area contributed by atoms with Crippen molar-refractivity contribution in [3.63, 3.8) is 0 Å². The van der Waals surface area contributed by atoms with Crippen LogP contribution in [0.2, 0.25) is 0 Å². The van der Waals surface area contributed by atoms with Gasteiger partial charge in [-0.05, 0) is 41.3 Å². The van der Waals surface area contributed by atoms with E-state index in [9.17, 15) is 0 Å². The minimum Gasteiger partial charge on any atom is -0.396 e. The van der Waals surface area contributed by atoms with Crippen molar-refractivity contribution in [3.05, 3.63) is 16.7 Å². The second kappa shape index (κ2) is 5.69. The molecule has 94 valence electrons. The largest absolute Gasteiger partial charge is 0.396 e. The Balaban J connectivity index is 2.00. The molecular formula is C12H18BrN3O. The molecular weight excluding hydrogens is 282 g/mol. The Labute approximate surface area is 110 Å². The SMILES string of the molecule is CN(CC1CCCCO1)c1ncc(Br)cc1N. The van der Waals surface area contributed by atoms with Gasteiger partial charge in [0.15, 0.2) is 5.82 Å². The van der Waals surface area contributed by atoms with Gasteiger partial charge < -0.3 is 15.4 Å². The van der Waals surface area contributed by atoms with Crippen molar-refractivity contribution in [3.8, 4) is 0 Å². The first kappa shape index (κ1) is 12.6. The number of anilines is 2. The smallest absolute Gasteiger partial charge is 0.151 e. The van der Waals surface area contributed by atoms with Crippen molar-refractivity contribution in [1.29, 1.82) is 0 Å². The number of aromatic nitrogens is 1. The van der Waals surface area contributed by atoms with Gasteiger partial charge >= 0.3 is 0 Å². The lowest BCUT2D eigenvalue weighted by atomic mass is 10.1. The number of likely N-dealkylation sites (N-methyl/N-ethyl adjacent to an activating group) is 1. The molecule has 1 aliphatic rings. The number of halogens is 1. The molecule has 0 bridgehead atoms. The first-order valence-electron chi connectivity index (χ1n) is 5.90. The highest BCUT2D eigenvalue weighted by atomic mass is 79.9. The first-order chi connectivity index (χ1) is 8.16. The average molecular weight is 300 g/mol. The van der Waals surface area contributed by atoms with Gasteiger partial charge in [0.2, 0.25) is 0 Å². The van der Waals surface area contributed by atoms with Crippen LogP contribution in [0.5, 0.6) is 0 Å². The van der Waals surface area contributed by atoms with Crippen LogP contribution in [-0.4, -0.2) is 31.3 Å². The van der Waals surface area contributed by atoms with Crippen LogP contribution in [0.4, 0.5) is 11.5 Å². The summed E-state index contributed by atoms with van der Waals surface area (Å²) in [6.45, 7) is 1.72. The molecule has 0 amide bonds. The van der Waals surface area contributed by atoms with Crippen LogP contribution in [0.25, 0.3) is 0 Å². The van der Waals surface area contributed by atoms with Crippen LogP contribution in [-0.2, 0) is 4.74 Å². The van der Waals surface area contributed by atoms with Crippen LogP contribution < -0.4 is 10.6 Å². The number of nitrogens with two attached hydrogens (primary N) is 1. The molecule has 2 rings (SSSR count). The van der Waals surface area contributed by atoms with Crippen LogP contribution in [0.15, 0.2) is 16.7 Å². The topological polar surface area (TPSA) is 51.4 Å². The molecule has 0 spiro atoms. The molecule has 0 radical (unpaired) electrons. The number of nitrogen functional groups attached to an aromatic ring is 1. The lowest BCUT2D eigenvalue weighted by Crippen LogP contribution is -2.34. The molecule has 1 aromatic heterocycles. The number of pyridine rings is 1. The summed E-state index contributed by atoms with van der Waals surface area (Å²) in [6.07, 6.45) is 5.63. The van der Waals surface area contributed by atoms with E-state index in [2.05, 4.69) is 25.8 Å². The van der Waals surface area contributed by atoms with Crippen molar-refractivity contribution in [2.24, 2.45) is 0 Å². The Morgan fingerprint density at radius 1 is 1.59 bits per heavy atom. The Kier molecular flexibility index (Phi) is 4.23. The number of hydrogen-bond donors (Lipinski definition) is 1. The quantitative estimate of drug-likeness (QED) is 0.931. The monoisotopic (exact) mass is 299 g/mol. The van der Waals surface area contributed by atoms with Crippen LogP contribution >= 0.6 is 15.9 Å². The molecule has 1 aromatic rings. The third-order valence-electron chi connectivity index (χ3n) is 2.97. The molecule has 0 aromatic carbocycles. The van der Waals surface area contributed by atoms with Crippen LogP contribution in [0.1, 0.15) is 19.3 Å². The van der Waals surface area contributed by atoms with Gasteiger partial charge in [-0.3, -0.25) is 0 Å². The van der Waals surface area contributed by atoms with Gasteiger partial charge in [0.1, 0.15) is 0 Å². The molecule has 0 aliphatic carbocycles. The molecule has 1 aliphatic heterocycles. The van der Waals surface area contributed by atoms with Gasteiger partial charge in [0.05, 0.1) is 11.8 Å². The molecule has 2 heterocycles. The number of nitrogens with zero attached hydrogens (tertiary/aromatic N) is 2. The second-order valence-corrected chi connectivity index (χ2v) is 5.35. The zero-order valence-corrected chi connectivity index (χ0v) is 11.6. The van der Waals surface area contributed by atoms with E-state index in [1.165, 1.54) is 12.8 Å². The zero-order chi connectivity index (χ0) is 12.3. The van der Waals surface area contributed by atoms with E-state index in [0.717, 1.165) is 29.9 Å². The van der Waals surface area contributed by atoms with E-state index in [-0.39, 0.29) is 0 Å². The molecule has 0 saturated carbocycles. The van der Waals surface area contributed by atoms with Crippen molar-refractivity contribution in [2.45, 2.75) is 25.4 Å². The maximum absolute atomic E-state index is 5.95. The molecule has 1 fully saturated rings. The maximum atomic E-state index is 5.95. The normalized spacial score (nSPS) is 20.2. The fourth-order valence-electron chi connectivity index (χ4n) is 2.11. The molecule has 1 saturated heterocycles. The Hall–Kier alpha value is -0.810. The van der Waals surface area contributed by atoms with E-state index in [0.29, 0.717) is 11.8 Å². The zero-order valence-electron chi connectivity index (χ0n) is 10.0. The molecule has 1 unspecified atom stereocenters. The predicted molar refractivity (Wildman–Crippen MR) is 73.2 cm³/mol. The molecule has 5 heteroatoms. The number of hydrogen-bond acceptors (Lipinski definition) is 4. The standard InChI is InChI=1S/C12H18BrN3O/c1-16(8-10-4-2-3-5-17-10)12-11(14)6-9(13)7-15-12/h6-7,10H,2-5,8,14H2,1H3. The van der Waals surface area contributed by atoms with Gasteiger partial charge in [0, 0.05) is 30.9 Å². The maximum Gasteiger partial charge on any atom is 0.151 e. The summed E-state index contributed by atoms with van der Waals surface area (Å²) in [5.41, 5.74) is 6.64. The first-order valence-corrected chi connectivity index (χ1v) is 6.70. The Morgan fingerprint density at radius 3 is 3.06 bits per heavy atom. The lowest BCUT2D eigenvalue weighted by Gasteiger charge is -2.28. The third-order valence-corrected chi connectivity index (χ3v) is 3.41. The van der Waals surface area contributed by atoms with Gasteiger partial charge in [-0.25, -0.2) is 4.98 Å². The van der Waals surface area contributed by atoms with Gasteiger partial charge in [0.25, 0.3) is 0 Å². The van der Waals surface area contributed by atoms with Gasteiger partial charge in [-0.1, -0.05) is 0 Å². The average Bonchev–Trinajstić information content (AvgIpc) is 2.30. The molecule has 4 nitrogen and oxygen atoms in total. The summed E-state index contributed by atoms with van der Waals surface area (Å²) < 4.78 is 6.62. The van der Waals surface area contributed by atoms with E-state index in [1.54, 1.807) is 6.20 Å². The Morgan fingerprint density at radius 2 is 2.41 bits per heavy atom. The second-order valence-electron chi connectivity index (χ2n) is 4.44. The lowest BCUT2D eigenvalue weighted by molar-refractivity contribution is 0.0215. The summed E-state index contributed by atoms with van der Waals surface area (Å²) >= 11 is 3.36. The van der Waals surface area contributed by atoms with Crippen molar-refractivity contribution in [2.75, 3.05) is 30.8 Å². The van der Waals surface area contributed by atoms with Gasteiger partial charge in [-0.2, -0.15) is 0 Å². The summed E-state index contributed by atoms with van der Waals surface area (Å²) in [6, 6.07) is 1.88. The van der Waals surface area contributed by atoms with E-state index in [1.807, 2.05) is 13.1 Å².